The molecule has 1 N–H and O–H groups in total. The predicted octanol–water partition coefficient (Wildman–Crippen LogP) is 2.27. The fourth-order valence-electron chi connectivity index (χ4n) is 4.10. The third-order valence-electron chi connectivity index (χ3n) is 6.00. The van der Waals surface area contributed by atoms with E-state index in [1.54, 1.807) is 20.0 Å². The number of nitrogens with zero attached hydrogens (tertiary/aromatic N) is 8. The molecule has 5 heterocycles. The van der Waals surface area contributed by atoms with Gasteiger partial charge in [-0.2, -0.15) is 23.4 Å². The average molecular weight is 473 g/mol. The molecule has 1 aliphatic heterocycles. The zero-order valence-corrected chi connectivity index (χ0v) is 18.1. The van der Waals surface area contributed by atoms with Gasteiger partial charge in [0.2, 0.25) is 5.95 Å². The average Bonchev–Trinajstić information content (AvgIpc) is 3.37. The number of imidazole rings is 1. The number of hydrogen-bond acceptors (Lipinski definition) is 8. The highest BCUT2D eigenvalue weighted by Gasteiger charge is 2.39. The predicted molar refractivity (Wildman–Crippen MR) is 112 cm³/mol. The second-order valence-corrected chi connectivity index (χ2v) is 8.00. The molecule has 14 heteroatoms. The van der Waals surface area contributed by atoms with Crippen molar-refractivity contribution >= 4 is 28.4 Å². The molecule has 0 atom stereocenters. The quantitative estimate of drug-likeness (QED) is 0.480. The van der Waals surface area contributed by atoms with Crippen LogP contribution in [0.5, 0.6) is 0 Å². The number of nitriles is 1. The van der Waals surface area contributed by atoms with Gasteiger partial charge in [0.1, 0.15) is 11.1 Å². The molecule has 1 fully saturated rings. The zero-order chi connectivity index (χ0) is 24.3. The number of aromatic nitrogens is 7. The molecule has 0 spiro atoms. The first-order chi connectivity index (χ1) is 16.1. The lowest BCUT2D eigenvalue weighted by Crippen LogP contribution is -2.44. The summed E-state index contributed by atoms with van der Waals surface area (Å²) in [5.74, 6) is -1.14. The van der Waals surface area contributed by atoms with Gasteiger partial charge in [-0.15, -0.1) is 5.10 Å². The lowest BCUT2D eigenvalue weighted by atomic mass is 9.91. The van der Waals surface area contributed by atoms with Crippen LogP contribution in [0, 0.1) is 18.3 Å². The molecule has 0 bridgehead atoms. The van der Waals surface area contributed by atoms with Crippen LogP contribution in [0.4, 0.5) is 24.8 Å². The Balaban J connectivity index is 1.59. The van der Waals surface area contributed by atoms with Crippen LogP contribution >= 0.6 is 0 Å². The Morgan fingerprint density at radius 1 is 1.24 bits per heavy atom. The maximum atomic E-state index is 13.0. The number of hydrogen-bond donors (Lipinski definition) is 1. The minimum atomic E-state index is -4.67. The van der Waals surface area contributed by atoms with Crippen LogP contribution in [0.15, 0.2) is 23.1 Å². The molecule has 0 unspecified atom stereocenters. The summed E-state index contributed by atoms with van der Waals surface area (Å²) < 4.78 is 48.2. The van der Waals surface area contributed by atoms with Crippen molar-refractivity contribution in [2.75, 3.05) is 18.5 Å². The van der Waals surface area contributed by atoms with Crippen LogP contribution in [0.1, 0.15) is 24.4 Å². The van der Waals surface area contributed by atoms with E-state index >= 15 is 0 Å². The van der Waals surface area contributed by atoms with Crippen molar-refractivity contribution in [3.05, 3.63) is 40.3 Å². The summed E-state index contributed by atoms with van der Waals surface area (Å²) in [6.45, 7) is 2.25. The number of anilines is 2. The number of alkyl halides is 3. The lowest BCUT2D eigenvalue weighted by molar-refractivity contribution is -0.144. The minimum absolute atomic E-state index is 0.0409. The summed E-state index contributed by atoms with van der Waals surface area (Å²) in [5.41, 5.74) is -0.000560. The Morgan fingerprint density at radius 3 is 2.65 bits per heavy atom. The zero-order valence-electron chi connectivity index (χ0n) is 18.1. The Morgan fingerprint density at radius 2 is 1.97 bits per heavy atom. The number of rotatable bonds is 3. The van der Waals surface area contributed by atoms with Crippen molar-refractivity contribution in [2.24, 2.45) is 7.05 Å². The second-order valence-electron chi connectivity index (χ2n) is 8.00. The van der Waals surface area contributed by atoms with Gasteiger partial charge in [-0.05, 0) is 19.1 Å². The highest BCUT2D eigenvalue weighted by Crippen LogP contribution is 2.31. The Labute approximate surface area is 189 Å². The molecule has 0 saturated carbocycles. The van der Waals surface area contributed by atoms with E-state index in [0.29, 0.717) is 43.0 Å². The fraction of sp³-hybridized carbons (Fsp3) is 0.400. The normalized spacial score (nSPS) is 16.1. The SMILES string of the molecule is Cc1c(Nc2ncc3c(n2)n(C2(C#N)CCOCC2)c(=O)n3C)ccc2nc(C(F)(F)F)nn12. The van der Waals surface area contributed by atoms with Gasteiger partial charge in [0, 0.05) is 33.1 Å². The molecule has 0 radical (unpaired) electrons. The summed E-state index contributed by atoms with van der Waals surface area (Å²) in [5, 5.41) is 16.5. The van der Waals surface area contributed by atoms with Crippen molar-refractivity contribution in [1.29, 1.82) is 5.26 Å². The lowest BCUT2D eigenvalue weighted by Gasteiger charge is -2.31. The molecular formula is C20H18F3N9O2. The number of halogens is 3. The molecule has 1 aliphatic rings. The molecule has 11 nitrogen and oxygen atoms in total. The second kappa shape index (κ2) is 7.52. The molecule has 0 aromatic carbocycles. The summed E-state index contributed by atoms with van der Waals surface area (Å²) in [7, 11) is 1.57. The third-order valence-corrected chi connectivity index (χ3v) is 6.00. The molecule has 4 aromatic heterocycles. The molecule has 34 heavy (non-hydrogen) atoms. The standard InChI is InChI=1S/C20H18F3N9O2/c1-11-12(3-4-14-27-16(20(21,22)23)29-32(11)14)26-17-25-9-13-15(28-17)31(18(33)30(13)2)19(10-24)5-7-34-8-6-19/h3-4,9H,5-8H2,1-2H3,(H,25,26,28). The molecule has 0 amide bonds. The summed E-state index contributed by atoms with van der Waals surface area (Å²) in [6.07, 6.45) is -2.55. The largest absolute Gasteiger partial charge is 0.453 e. The number of aryl methyl sites for hydroxylation is 2. The number of nitrogens with one attached hydrogen (secondary N) is 1. The number of ether oxygens (including phenoxy) is 1. The van der Waals surface area contributed by atoms with Gasteiger partial charge in [0.05, 0.1) is 23.6 Å². The van der Waals surface area contributed by atoms with Crippen LogP contribution in [0.2, 0.25) is 0 Å². The first-order valence-electron chi connectivity index (χ1n) is 10.3. The Bertz CT molecular complexity index is 1520. The number of fused-ring (bicyclic) bond motifs is 2. The highest BCUT2D eigenvalue weighted by atomic mass is 19.4. The number of pyridine rings is 1. The Kier molecular flexibility index (Phi) is 4.83. The molecule has 4 aromatic rings. The van der Waals surface area contributed by atoms with Crippen LogP contribution in [0.3, 0.4) is 0 Å². The first-order valence-corrected chi connectivity index (χ1v) is 10.3. The molecule has 1 saturated heterocycles. The highest BCUT2D eigenvalue weighted by molar-refractivity contribution is 5.73. The topological polar surface area (TPSA) is 128 Å². The monoisotopic (exact) mass is 473 g/mol. The van der Waals surface area contributed by atoms with Crippen LogP contribution in [-0.2, 0) is 23.5 Å². The van der Waals surface area contributed by atoms with Gasteiger partial charge >= 0.3 is 11.9 Å². The maximum absolute atomic E-state index is 13.0. The van der Waals surface area contributed by atoms with E-state index in [-0.39, 0.29) is 17.2 Å². The van der Waals surface area contributed by atoms with Gasteiger partial charge in [-0.3, -0.25) is 9.13 Å². The van der Waals surface area contributed by atoms with Crippen molar-refractivity contribution in [3.63, 3.8) is 0 Å². The first kappa shape index (κ1) is 21.8. The molecule has 5 rings (SSSR count). The van der Waals surface area contributed by atoms with Crippen LogP contribution in [-0.4, -0.2) is 46.9 Å². The van der Waals surface area contributed by atoms with Gasteiger partial charge in [0.25, 0.3) is 5.82 Å². The van der Waals surface area contributed by atoms with E-state index in [1.807, 2.05) is 0 Å². The summed E-state index contributed by atoms with van der Waals surface area (Å²) in [4.78, 5) is 25.3. The summed E-state index contributed by atoms with van der Waals surface area (Å²) in [6, 6.07) is 5.20. The van der Waals surface area contributed by atoms with Crippen molar-refractivity contribution in [1.82, 2.24) is 33.7 Å². The van der Waals surface area contributed by atoms with E-state index in [2.05, 4.69) is 31.4 Å². The Hall–Kier alpha value is -3.99. The van der Waals surface area contributed by atoms with Gasteiger partial charge in [-0.1, -0.05) is 0 Å². The smallest absolute Gasteiger partial charge is 0.381 e. The van der Waals surface area contributed by atoms with E-state index < -0.39 is 23.2 Å². The molecular weight excluding hydrogens is 455 g/mol. The van der Waals surface area contributed by atoms with Gasteiger partial charge < -0.3 is 10.1 Å². The fourth-order valence-corrected chi connectivity index (χ4v) is 4.10. The third kappa shape index (κ3) is 3.27. The van der Waals surface area contributed by atoms with Crippen molar-refractivity contribution in [2.45, 2.75) is 31.5 Å². The molecule has 176 valence electrons. The van der Waals surface area contributed by atoms with Crippen molar-refractivity contribution < 1.29 is 17.9 Å². The van der Waals surface area contributed by atoms with Crippen LogP contribution in [0.25, 0.3) is 16.8 Å². The summed E-state index contributed by atoms with van der Waals surface area (Å²) >= 11 is 0. The van der Waals surface area contributed by atoms with E-state index in [1.165, 1.54) is 21.4 Å². The van der Waals surface area contributed by atoms with Gasteiger partial charge in [0.15, 0.2) is 11.3 Å². The van der Waals surface area contributed by atoms with E-state index in [4.69, 9.17) is 4.74 Å². The van der Waals surface area contributed by atoms with E-state index in [0.717, 1.165) is 4.52 Å². The van der Waals surface area contributed by atoms with Crippen LogP contribution < -0.4 is 11.0 Å². The van der Waals surface area contributed by atoms with E-state index in [9.17, 15) is 23.2 Å². The minimum Gasteiger partial charge on any atom is -0.381 e. The van der Waals surface area contributed by atoms with Gasteiger partial charge in [-0.25, -0.2) is 19.3 Å². The maximum Gasteiger partial charge on any atom is 0.453 e. The molecule has 0 aliphatic carbocycles. The van der Waals surface area contributed by atoms with Crippen molar-refractivity contribution in [3.8, 4) is 6.07 Å².